The molecule has 0 atom stereocenters. The highest BCUT2D eigenvalue weighted by atomic mass is 32.1. The first-order valence-electron chi connectivity index (χ1n) is 9.07. The van der Waals surface area contributed by atoms with Crippen molar-refractivity contribution in [2.24, 2.45) is 0 Å². The Bertz CT molecular complexity index is 825. The lowest BCUT2D eigenvalue weighted by Gasteiger charge is -2.43. The number of hydrogen-bond donors (Lipinski definition) is 3. The van der Waals surface area contributed by atoms with Crippen LogP contribution in [0.25, 0.3) is 0 Å². The predicted octanol–water partition coefficient (Wildman–Crippen LogP) is 0.897. The third-order valence-corrected chi connectivity index (χ3v) is 6.54. The average molecular weight is 390 g/mol. The van der Waals surface area contributed by atoms with Gasteiger partial charge in [-0.05, 0) is 30.9 Å². The molecule has 3 N–H and O–H groups in total. The Hall–Kier alpha value is -2.23. The zero-order valence-electron chi connectivity index (χ0n) is 14.9. The van der Waals surface area contributed by atoms with Crippen LogP contribution in [0.1, 0.15) is 43.4 Å². The second kappa shape index (κ2) is 7.41. The molecule has 1 fully saturated rings. The molecule has 4 rings (SSSR count). The van der Waals surface area contributed by atoms with Crippen LogP contribution in [0, 0.1) is 0 Å². The second-order valence-corrected chi connectivity index (χ2v) is 7.85. The van der Waals surface area contributed by atoms with Crippen molar-refractivity contribution in [2.75, 3.05) is 32.8 Å². The molecule has 144 valence electrons. The molecule has 4 heterocycles. The molecule has 2 aromatic rings. The van der Waals surface area contributed by atoms with Crippen molar-refractivity contribution >= 4 is 23.2 Å². The van der Waals surface area contributed by atoms with Gasteiger partial charge < -0.3 is 25.0 Å². The minimum absolute atomic E-state index is 0.0476. The number of thiophene rings is 1. The Labute approximate surface area is 160 Å². The number of aromatic amines is 1. The number of imidazole rings is 1. The maximum Gasteiger partial charge on any atom is 0.271 e. The van der Waals surface area contributed by atoms with E-state index in [0.717, 1.165) is 16.9 Å². The van der Waals surface area contributed by atoms with Gasteiger partial charge in [0.2, 0.25) is 0 Å². The van der Waals surface area contributed by atoms with E-state index in [-0.39, 0.29) is 25.0 Å². The fourth-order valence-electron chi connectivity index (χ4n) is 3.78. The molecule has 0 saturated carbocycles. The Balaban J connectivity index is 1.50. The molecule has 2 aromatic heterocycles. The maximum absolute atomic E-state index is 12.5. The van der Waals surface area contributed by atoms with E-state index in [1.807, 2.05) is 11.0 Å². The number of aromatic nitrogens is 2. The smallest absolute Gasteiger partial charge is 0.271 e. The maximum atomic E-state index is 12.5. The van der Waals surface area contributed by atoms with Crippen LogP contribution in [0.15, 0.2) is 18.6 Å². The number of fused-ring (bicyclic) bond motifs is 2. The molecule has 0 radical (unpaired) electrons. The number of amides is 2. The van der Waals surface area contributed by atoms with Gasteiger partial charge in [-0.3, -0.25) is 9.59 Å². The first kappa shape index (κ1) is 18.1. The molecule has 2 aliphatic heterocycles. The molecule has 1 spiro atoms. The number of likely N-dealkylation sites (tertiary alicyclic amines) is 1. The molecule has 8 nitrogen and oxygen atoms in total. The van der Waals surface area contributed by atoms with Gasteiger partial charge in [0, 0.05) is 24.5 Å². The molecule has 0 aromatic carbocycles. The Morgan fingerprint density at radius 1 is 1.41 bits per heavy atom. The highest BCUT2D eigenvalue weighted by Crippen LogP contribution is 2.45. The van der Waals surface area contributed by atoms with Crippen molar-refractivity contribution < 1.29 is 19.4 Å². The zero-order chi connectivity index (χ0) is 18.9. The lowest BCUT2D eigenvalue weighted by molar-refractivity contribution is -0.0906. The number of nitrogens with zero attached hydrogens (tertiary/aromatic N) is 2. The predicted molar refractivity (Wildman–Crippen MR) is 98.8 cm³/mol. The molecular weight excluding hydrogens is 368 g/mol. The normalized spacial score (nSPS) is 18.3. The standard InChI is InChI=1S/C18H22N4O4S/c23-7-4-20-16(24)14-9-12-1-8-26-18(15(12)27-14)2-5-22(6-3-18)17(25)13-10-19-11-21-13/h9-11,23H,1-8H2,(H,19,21)(H,20,24). The van der Waals surface area contributed by atoms with Gasteiger partial charge in [-0.25, -0.2) is 4.98 Å². The summed E-state index contributed by atoms with van der Waals surface area (Å²) in [6, 6.07) is 1.94. The van der Waals surface area contributed by atoms with E-state index in [1.54, 1.807) is 6.20 Å². The van der Waals surface area contributed by atoms with Crippen LogP contribution < -0.4 is 5.32 Å². The quantitative estimate of drug-likeness (QED) is 0.719. The fourth-order valence-corrected chi connectivity index (χ4v) is 5.10. The van der Waals surface area contributed by atoms with Crippen LogP contribution in [-0.2, 0) is 16.8 Å². The van der Waals surface area contributed by atoms with Crippen molar-refractivity contribution in [2.45, 2.75) is 24.9 Å². The second-order valence-electron chi connectivity index (χ2n) is 6.79. The van der Waals surface area contributed by atoms with E-state index in [4.69, 9.17) is 9.84 Å². The summed E-state index contributed by atoms with van der Waals surface area (Å²) in [6.45, 7) is 1.98. The van der Waals surface area contributed by atoms with Crippen LogP contribution in [0.4, 0.5) is 0 Å². The van der Waals surface area contributed by atoms with Gasteiger partial charge in [-0.2, -0.15) is 0 Å². The summed E-state index contributed by atoms with van der Waals surface area (Å²) in [5.41, 5.74) is 1.24. The molecular formula is C18H22N4O4S. The number of rotatable bonds is 4. The number of aliphatic hydroxyl groups is 1. The fraction of sp³-hybridized carbons (Fsp3) is 0.500. The molecule has 27 heavy (non-hydrogen) atoms. The van der Waals surface area contributed by atoms with E-state index in [9.17, 15) is 9.59 Å². The van der Waals surface area contributed by atoms with E-state index in [2.05, 4.69) is 15.3 Å². The van der Waals surface area contributed by atoms with E-state index in [1.165, 1.54) is 17.7 Å². The van der Waals surface area contributed by atoms with Crippen molar-refractivity contribution in [1.29, 1.82) is 0 Å². The largest absolute Gasteiger partial charge is 0.395 e. The molecule has 2 aliphatic rings. The highest BCUT2D eigenvalue weighted by molar-refractivity contribution is 7.14. The lowest BCUT2D eigenvalue weighted by atomic mass is 9.85. The van der Waals surface area contributed by atoms with Gasteiger partial charge in [0.1, 0.15) is 11.3 Å². The summed E-state index contributed by atoms with van der Waals surface area (Å²) < 4.78 is 6.21. The number of hydrogen-bond acceptors (Lipinski definition) is 6. The van der Waals surface area contributed by atoms with Gasteiger partial charge in [0.25, 0.3) is 11.8 Å². The lowest BCUT2D eigenvalue weighted by Crippen LogP contribution is -2.48. The summed E-state index contributed by atoms with van der Waals surface area (Å²) >= 11 is 1.47. The van der Waals surface area contributed by atoms with Gasteiger partial charge in [0.15, 0.2) is 0 Å². The zero-order valence-corrected chi connectivity index (χ0v) is 15.7. The minimum Gasteiger partial charge on any atom is -0.395 e. The summed E-state index contributed by atoms with van der Waals surface area (Å²) in [7, 11) is 0. The SMILES string of the molecule is O=C(NCCO)c1cc2c(s1)C1(CCN(C(=O)c3cnc[nH]3)CC1)OCC2. The average Bonchev–Trinajstić information content (AvgIpc) is 3.37. The number of aliphatic hydroxyl groups excluding tert-OH is 1. The monoisotopic (exact) mass is 390 g/mol. The van der Waals surface area contributed by atoms with Crippen molar-refractivity contribution in [3.63, 3.8) is 0 Å². The number of nitrogens with one attached hydrogen (secondary N) is 2. The van der Waals surface area contributed by atoms with E-state index in [0.29, 0.717) is 43.1 Å². The van der Waals surface area contributed by atoms with Gasteiger partial charge >= 0.3 is 0 Å². The number of H-pyrrole nitrogens is 1. The van der Waals surface area contributed by atoms with Gasteiger partial charge in [0.05, 0.1) is 30.6 Å². The van der Waals surface area contributed by atoms with Crippen LogP contribution >= 0.6 is 11.3 Å². The Kier molecular flexibility index (Phi) is 4.98. The third-order valence-electron chi connectivity index (χ3n) is 5.18. The number of carbonyl (C=O) groups is 2. The first-order chi connectivity index (χ1) is 13.1. The number of piperidine rings is 1. The summed E-state index contributed by atoms with van der Waals surface area (Å²) in [5, 5.41) is 11.6. The van der Waals surface area contributed by atoms with Gasteiger partial charge in [-0.15, -0.1) is 11.3 Å². The summed E-state index contributed by atoms with van der Waals surface area (Å²) in [5.74, 6) is -0.209. The number of ether oxygens (including phenoxy) is 1. The molecule has 2 amide bonds. The van der Waals surface area contributed by atoms with E-state index >= 15 is 0 Å². The van der Waals surface area contributed by atoms with Gasteiger partial charge in [-0.1, -0.05) is 0 Å². The van der Waals surface area contributed by atoms with Crippen LogP contribution in [0.5, 0.6) is 0 Å². The molecule has 1 saturated heterocycles. The topological polar surface area (TPSA) is 108 Å². The van der Waals surface area contributed by atoms with Crippen LogP contribution in [-0.4, -0.2) is 64.6 Å². The summed E-state index contributed by atoms with van der Waals surface area (Å²) in [6.07, 6.45) is 5.25. The summed E-state index contributed by atoms with van der Waals surface area (Å²) in [4.78, 5) is 35.1. The molecule has 0 bridgehead atoms. The highest BCUT2D eigenvalue weighted by Gasteiger charge is 2.43. The van der Waals surface area contributed by atoms with Crippen LogP contribution in [0.3, 0.4) is 0 Å². The molecule has 9 heteroatoms. The Morgan fingerprint density at radius 2 is 2.22 bits per heavy atom. The van der Waals surface area contributed by atoms with Crippen molar-refractivity contribution in [3.8, 4) is 0 Å². The van der Waals surface area contributed by atoms with E-state index < -0.39 is 5.60 Å². The van der Waals surface area contributed by atoms with Crippen molar-refractivity contribution in [3.05, 3.63) is 39.6 Å². The molecule has 0 unspecified atom stereocenters. The van der Waals surface area contributed by atoms with Crippen molar-refractivity contribution in [1.82, 2.24) is 20.2 Å². The molecule has 0 aliphatic carbocycles. The number of carbonyl (C=O) groups excluding carboxylic acids is 2. The third kappa shape index (κ3) is 3.38. The Morgan fingerprint density at radius 3 is 2.93 bits per heavy atom. The van der Waals surface area contributed by atoms with Crippen LogP contribution in [0.2, 0.25) is 0 Å². The first-order valence-corrected chi connectivity index (χ1v) is 9.88. The minimum atomic E-state index is -0.418.